The number of carbonyl (C=O) groups is 2. The van der Waals surface area contributed by atoms with Gasteiger partial charge >= 0.3 is 5.97 Å². The third-order valence-corrected chi connectivity index (χ3v) is 4.02. The van der Waals surface area contributed by atoms with E-state index >= 15 is 0 Å². The van der Waals surface area contributed by atoms with Gasteiger partial charge in [-0.3, -0.25) is 14.9 Å². The highest BCUT2D eigenvalue weighted by molar-refractivity contribution is 5.97. The molecule has 0 bridgehead atoms. The first kappa shape index (κ1) is 19.6. The maximum absolute atomic E-state index is 12.7. The number of nitro groups is 1. The predicted molar refractivity (Wildman–Crippen MR) is 98.1 cm³/mol. The van der Waals surface area contributed by atoms with Crippen molar-refractivity contribution in [2.24, 2.45) is 10.7 Å². The van der Waals surface area contributed by atoms with Crippen LogP contribution in [0.4, 0.5) is 5.69 Å². The number of benzene rings is 1. The first-order valence-corrected chi connectivity index (χ1v) is 7.98. The number of carboxylic acids is 1. The molecule has 1 heterocycles. The van der Waals surface area contributed by atoms with Crippen LogP contribution in [0, 0.1) is 10.1 Å². The van der Waals surface area contributed by atoms with Crippen molar-refractivity contribution in [3.8, 4) is 0 Å². The normalized spacial score (nSPS) is 17.4. The number of aliphatic carboxylic acids is 1. The number of nitrogens with zero attached hydrogens (tertiary/aromatic N) is 4. The minimum absolute atomic E-state index is 0.00148. The van der Waals surface area contributed by atoms with Gasteiger partial charge in [0.25, 0.3) is 11.6 Å². The average molecular weight is 373 g/mol. The van der Waals surface area contributed by atoms with Crippen LogP contribution >= 0.6 is 0 Å². The molecule has 1 amide bonds. The van der Waals surface area contributed by atoms with E-state index in [4.69, 9.17) is 5.73 Å². The number of carboxylic acid groups (broad SMARTS) is 1. The molecule has 1 fully saturated rings. The monoisotopic (exact) mass is 373 g/mol. The second-order valence-corrected chi connectivity index (χ2v) is 5.69. The first-order valence-electron chi connectivity index (χ1n) is 7.98. The van der Waals surface area contributed by atoms with Crippen LogP contribution in [0.1, 0.15) is 10.4 Å². The molecule has 0 saturated carbocycles. The molecule has 2 rings (SSSR count). The van der Waals surface area contributed by atoms with Gasteiger partial charge in [0.2, 0.25) is 0 Å². The fraction of sp³-hybridized carbons (Fsp3) is 0.235. The summed E-state index contributed by atoms with van der Waals surface area (Å²) in [6.45, 7) is 4.22. The quantitative estimate of drug-likeness (QED) is 0.427. The smallest absolute Gasteiger partial charge is 0.328 e. The molecule has 27 heavy (non-hydrogen) atoms. The van der Waals surface area contributed by atoms with Crippen molar-refractivity contribution >= 4 is 23.8 Å². The van der Waals surface area contributed by atoms with Gasteiger partial charge in [-0.2, -0.15) is 0 Å². The lowest BCUT2D eigenvalue weighted by molar-refractivity contribution is -0.384. The van der Waals surface area contributed by atoms with E-state index in [9.17, 15) is 24.8 Å². The molecule has 1 unspecified atom stereocenters. The van der Waals surface area contributed by atoms with Gasteiger partial charge in [0, 0.05) is 37.0 Å². The molecule has 10 heteroatoms. The van der Waals surface area contributed by atoms with Gasteiger partial charge in [-0.15, -0.1) is 0 Å². The maximum atomic E-state index is 12.7. The van der Waals surface area contributed by atoms with Gasteiger partial charge < -0.3 is 20.6 Å². The zero-order chi connectivity index (χ0) is 20.0. The van der Waals surface area contributed by atoms with E-state index in [2.05, 4.69) is 11.6 Å². The summed E-state index contributed by atoms with van der Waals surface area (Å²) in [7, 11) is 0. The highest BCUT2D eigenvalue weighted by atomic mass is 16.6. The van der Waals surface area contributed by atoms with E-state index in [1.165, 1.54) is 41.6 Å². The van der Waals surface area contributed by atoms with E-state index in [1.807, 2.05) is 0 Å². The Morgan fingerprint density at radius 1 is 1.41 bits per heavy atom. The van der Waals surface area contributed by atoms with Crippen molar-refractivity contribution in [3.05, 3.63) is 64.6 Å². The van der Waals surface area contributed by atoms with Gasteiger partial charge in [0.1, 0.15) is 11.9 Å². The zero-order valence-corrected chi connectivity index (χ0v) is 14.4. The molecule has 1 aliphatic heterocycles. The first-order chi connectivity index (χ1) is 12.8. The van der Waals surface area contributed by atoms with Gasteiger partial charge in [0.05, 0.1) is 11.5 Å². The van der Waals surface area contributed by atoms with Crippen LogP contribution in [0.15, 0.2) is 53.9 Å². The molecule has 0 aliphatic carbocycles. The maximum Gasteiger partial charge on any atom is 0.328 e. The summed E-state index contributed by atoms with van der Waals surface area (Å²) in [5.41, 5.74) is 5.04. The van der Waals surface area contributed by atoms with Gasteiger partial charge in [0.15, 0.2) is 0 Å². The molecular weight excluding hydrogens is 354 g/mol. The fourth-order valence-electron chi connectivity index (χ4n) is 2.65. The summed E-state index contributed by atoms with van der Waals surface area (Å²) in [6.07, 6.45) is 4.23. The lowest BCUT2D eigenvalue weighted by Gasteiger charge is -2.40. The summed E-state index contributed by atoms with van der Waals surface area (Å²) in [5, 5.41) is 20.4. The average Bonchev–Trinajstić information content (AvgIpc) is 2.67. The molecule has 1 aliphatic rings. The summed E-state index contributed by atoms with van der Waals surface area (Å²) >= 11 is 0. The third kappa shape index (κ3) is 4.69. The predicted octanol–water partition coefficient (Wildman–Crippen LogP) is 0.820. The number of non-ortho nitro benzene ring substituents is 1. The largest absolute Gasteiger partial charge is 0.480 e. The Morgan fingerprint density at radius 3 is 2.78 bits per heavy atom. The lowest BCUT2D eigenvalue weighted by Crippen LogP contribution is -2.57. The van der Waals surface area contributed by atoms with Gasteiger partial charge in [-0.05, 0) is 18.3 Å². The van der Waals surface area contributed by atoms with Crippen LogP contribution in [0.5, 0.6) is 0 Å². The molecule has 10 nitrogen and oxygen atoms in total. The number of aliphatic imine (C=N–C) groups is 1. The van der Waals surface area contributed by atoms with Crippen LogP contribution in [-0.2, 0) is 4.79 Å². The number of hydrogen-bond acceptors (Lipinski definition) is 7. The summed E-state index contributed by atoms with van der Waals surface area (Å²) in [4.78, 5) is 41.6. The Balaban J connectivity index is 2.19. The molecular formula is C17H19N5O5. The molecule has 1 aromatic rings. The minimum atomic E-state index is -1.18. The molecule has 1 saturated heterocycles. The number of carbonyl (C=O) groups excluding carboxylic acids is 1. The molecule has 0 radical (unpaired) electrons. The van der Waals surface area contributed by atoms with Crippen molar-refractivity contribution in [1.29, 1.82) is 0 Å². The number of rotatable bonds is 6. The number of amides is 1. The van der Waals surface area contributed by atoms with Crippen molar-refractivity contribution < 1.29 is 19.6 Å². The molecule has 3 N–H and O–H groups in total. The van der Waals surface area contributed by atoms with Crippen LogP contribution in [-0.4, -0.2) is 63.6 Å². The highest BCUT2D eigenvalue weighted by Gasteiger charge is 2.36. The standard InChI is InChI=1S/C17H19N5O5/c1-12(19-7-3-6-18)20-8-9-21(15(11-20)17(24)25)16(23)13-4-2-5-14(10-13)22(26)27/h2-7,10,15H,1,8-9,11,18H2,(H,24,25)/b6-3-,19-7-. The van der Waals surface area contributed by atoms with Crippen molar-refractivity contribution in [2.45, 2.75) is 6.04 Å². The number of allylic oxidation sites excluding steroid dienone is 1. The van der Waals surface area contributed by atoms with E-state index in [0.717, 1.165) is 6.07 Å². The van der Waals surface area contributed by atoms with E-state index < -0.39 is 22.8 Å². The number of hydrogen-bond donors (Lipinski definition) is 2. The van der Waals surface area contributed by atoms with Gasteiger partial charge in [-0.25, -0.2) is 9.79 Å². The Kier molecular flexibility index (Phi) is 6.26. The second-order valence-electron chi connectivity index (χ2n) is 5.69. The fourth-order valence-corrected chi connectivity index (χ4v) is 2.65. The molecule has 0 aromatic heterocycles. The van der Waals surface area contributed by atoms with Crippen molar-refractivity contribution in [3.63, 3.8) is 0 Å². The summed E-state index contributed by atoms with van der Waals surface area (Å²) in [5.74, 6) is -1.41. The van der Waals surface area contributed by atoms with E-state index in [-0.39, 0.29) is 24.3 Å². The molecule has 142 valence electrons. The van der Waals surface area contributed by atoms with Crippen LogP contribution in [0.2, 0.25) is 0 Å². The zero-order valence-electron chi connectivity index (χ0n) is 14.4. The third-order valence-electron chi connectivity index (χ3n) is 4.02. The molecule has 1 atom stereocenters. The number of nitrogens with two attached hydrogens (primary N) is 1. The van der Waals surface area contributed by atoms with Gasteiger partial charge in [-0.1, -0.05) is 12.6 Å². The summed E-state index contributed by atoms with van der Waals surface area (Å²) in [6, 6.07) is 4.07. The minimum Gasteiger partial charge on any atom is -0.480 e. The van der Waals surface area contributed by atoms with Crippen LogP contribution in [0.25, 0.3) is 0 Å². The SMILES string of the molecule is C=C(/N=C\C=C/N)N1CCN(C(=O)c2cccc([N+](=O)[O-])c2)C(C(=O)O)C1. The highest BCUT2D eigenvalue weighted by Crippen LogP contribution is 2.20. The summed E-state index contributed by atoms with van der Waals surface area (Å²) < 4.78 is 0. The van der Waals surface area contributed by atoms with Crippen LogP contribution < -0.4 is 5.73 Å². The van der Waals surface area contributed by atoms with E-state index in [1.54, 1.807) is 4.90 Å². The molecule has 1 aromatic carbocycles. The molecule has 0 spiro atoms. The Labute approximate surface area is 155 Å². The Bertz CT molecular complexity index is 820. The number of piperazine rings is 1. The topological polar surface area (TPSA) is 142 Å². The van der Waals surface area contributed by atoms with Crippen molar-refractivity contribution in [2.75, 3.05) is 19.6 Å². The lowest BCUT2D eigenvalue weighted by atomic mass is 10.1. The van der Waals surface area contributed by atoms with E-state index in [0.29, 0.717) is 12.4 Å². The Hall–Kier alpha value is -3.69. The number of nitro benzene ring substituents is 1. The second kappa shape index (κ2) is 8.61. The van der Waals surface area contributed by atoms with Crippen molar-refractivity contribution in [1.82, 2.24) is 9.80 Å². The van der Waals surface area contributed by atoms with Crippen LogP contribution in [0.3, 0.4) is 0 Å². The Morgan fingerprint density at radius 2 is 2.15 bits per heavy atom.